The van der Waals surface area contributed by atoms with Crippen LogP contribution < -0.4 is 10.6 Å². The molecule has 0 aromatic rings. The number of nitrogens with zero attached hydrogens (tertiary/aromatic N) is 1. The summed E-state index contributed by atoms with van der Waals surface area (Å²) in [6.45, 7) is 8.30. The lowest BCUT2D eigenvalue weighted by molar-refractivity contribution is -0.125. The summed E-state index contributed by atoms with van der Waals surface area (Å²) in [4.78, 5) is 14.3. The quantitative estimate of drug-likeness (QED) is 0.796. The van der Waals surface area contributed by atoms with E-state index < -0.39 is 0 Å². The molecule has 7 heteroatoms. The number of halogens is 2. The van der Waals surface area contributed by atoms with Gasteiger partial charge in [-0.2, -0.15) is 0 Å². The minimum atomic E-state index is -0.168. The predicted molar refractivity (Wildman–Crippen MR) is 85.0 cm³/mol. The van der Waals surface area contributed by atoms with Crippen molar-refractivity contribution in [3.05, 3.63) is 0 Å². The predicted octanol–water partition coefficient (Wildman–Crippen LogP) is 0.666. The number of carbonyl (C=O) groups is 1. The smallest absolute Gasteiger partial charge is 0.239 e. The van der Waals surface area contributed by atoms with E-state index in [4.69, 9.17) is 4.74 Å². The molecule has 2 saturated heterocycles. The first-order valence-electron chi connectivity index (χ1n) is 7.07. The Hall–Kier alpha value is -0.0700. The first kappa shape index (κ1) is 19.9. The van der Waals surface area contributed by atoms with Crippen LogP contribution in [0.1, 0.15) is 19.8 Å². The highest BCUT2D eigenvalue weighted by atomic mass is 35.5. The largest absolute Gasteiger partial charge is 0.378 e. The third-order valence-electron chi connectivity index (χ3n) is 3.71. The molecule has 0 bridgehead atoms. The van der Waals surface area contributed by atoms with E-state index in [1.54, 1.807) is 0 Å². The number of nitrogens with one attached hydrogen (secondary N) is 2. The zero-order valence-corrected chi connectivity index (χ0v) is 13.7. The summed E-state index contributed by atoms with van der Waals surface area (Å²) in [7, 11) is 0. The summed E-state index contributed by atoms with van der Waals surface area (Å²) in [6, 6.07) is -0.168. The highest BCUT2D eigenvalue weighted by Gasteiger charge is 2.21. The molecule has 0 saturated carbocycles. The molecular formula is C13H27Cl2N3O2. The SMILES string of the molecule is CC1CCCN(CCNC(=O)C2COCCN2)C1.Cl.Cl. The Kier molecular flexibility index (Phi) is 10.6. The van der Waals surface area contributed by atoms with Gasteiger partial charge in [0.05, 0.1) is 13.2 Å². The van der Waals surface area contributed by atoms with Crippen LogP contribution in [-0.2, 0) is 9.53 Å². The number of morpholine rings is 1. The van der Waals surface area contributed by atoms with E-state index in [2.05, 4.69) is 22.5 Å². The minimum absolute atomic E-state index is 0. The van der Waals surface area contributed by atoms with Gasteiger partial charge in [-0.25, -0.2) is 0 Å². The minimum Gasteiger partial charge on any atom is -0.378 e. The summed E-state index contributed by atoms with van der Waals surface area (Å²) in [5.41, 5.74) is 0. The van der Waals surface area contributed by atoms with Gasteiger partial charge < -0.3 is 20.3 Å². The van der Waals surface area contributed by atoms with Crippen molar-refractivity contribution in [3.8, 4) is 0 Å². The molecule has 2 rings (SSSR count). The number of ether oxygens (including phenoxy) is 1. The van der Waals surface area contributed by atoms with Crippen molar-refractivity contribution < 1.29 is 9.53 Å². The molecule has 2 unspecified atom stereocenters. The molecule has 2 aliphatic rings. The average Bonchev–Trinajstić information content (AvgIpc) is 2.40. The molecule has 0 aliphatic carbocycles. The number of rotatable bonds is 4. The van der Waals surface area contributed by atoms with Crippen molar-refractivity contribution >= 4 is 30.7 Å². The van der Waals surface area contributed by atoms with Crippen molar-refractivity contribution in [2.24, 2.45) is 5.92 Å². The fourth-order valence-corrected chi connectivity index (χ4v) is 2.68. The topological polar surface area (TPSA) is 53.6 Å². The second-order valence-electron chi connectivity index (χ2n) is 5.42. The molecule has 0 aromatic heterocycles. The Morgan fingerprint density at radius 3 is 2.90 bits per heavy atom. The lowest BCUT2D eigenvalue weighted by Crippen LogP contribution is -2.52. The molecule has 0 radical (unpaired) electrons. The third kappa shape index (κ3) is 6.59. The van der Waals surface area contributed by atoms with Gasteiger partial charge in [0, 0.05) is 26.2 Å². The maximum Gasteiger partial charge on any atom is 0.239 e. The lowest BCUT2D eigenvalue weighted by atomic mass is 10.0. The summed E-state index contributed by atoms with van der Waals surface area (Å²) >= 11 is 0. The highest BCUT2D eigenvalue weighted by Crippen LogP contribution is 2.14. The van der Waals surface area contributed by atoms with Crippen LogP contribution in [0.25, 0.3) is 0 Å². The third-order valence-corrected chi connectivity index (χ3v) is 3.71. The molecular weight excluding hydrogens is 301 g/mol. The van der Waals surface area contributed by atoms with Crippen LogP contribution in [0.3, 0.4) is 0 Å². The number of carbonyl (C=O) groups excluding carboxylic acids is 1. The van der Waals surface area contributed by atoms with Gasteiger partial charge in [0.1, 0.15) is 6.04 Å². The summed E-state index contributed by atoms with van der Waals surface area (Å²) in [5.74, 6) is 0.864. The van der Waals surface area contributed by atoms with Gasteiger partial charge in [0.25, 0.3) is 0 Å². The summed E-state index contributed by atoms with van der Waals surface area (Å²) in [6.07, 6.45) is 2.62. The van der Waals surface area contributed by atoms with Crippen molar-refractivity contribution in [3.63, 3.8) is 0 Å². The van der Waals surface area contributed by atoms with E-state index in [-0.39, 0.29) is 36.8 Å². The fraction of sp³-hybridized carbons (Fsp3) is 0.923. The van der Waals surface area contributed by atoms with Crippen LogP contribution in [0.15, 0.2) is 0 Å². The van der Waals surface area contributed by atoms with Crippen LogP contribution >= 0.6 is 24.8 Å². The van der Waals surface area contributed by atoms with Crippen LogP contribution in [-0.4, -0.2) is 62.8 Å². The molecule has 120 valence electrons. The van der Waals surface area contributed by atoms with Crippen LogP contribution in [0.2, 0.25) is 0 Å². The van der Waals surface area contributed by atoms with E-state index in [1.165, 1.54) is 25.9 Å². The Morgan fingerprint density at radius 2 is 2.25 bits per heavy atom. The van der Waals surface area contributed by atoms with Gasteiger partial charge in [-0.1, -0.05) is 6.92 Å². The van der Waals surface area contributed by atoms with Gasteiger partial charge >= 0.3 is 0 Å². The molecule has 0 aromatic carbocycles. The monoisotopic (exact) mass is 327 g/mol. The van der Waals surface area contributed by atoms with E-state index in [1.807, 2.05) is 0 Å². The molecule has 0 spiro atoms. The zero-order chi connectivity index (χ0) is 12.8. The van der Waals surface area contributed by atoms with Gasteiger partial charge in [0.2, 0.25) is 5.91 Å². The molecule has 20 heavy (non-hydrogen) atoms. The second-order valence-corrected chi connectivity index (χ2v) is 5.42. The lowest BCUT2D eigenvalue weighted by Gasteiger charge is -2.31. The Balaban J connectivity index is 0.00000180. The maximum atomic E-state index is 11.8. The van der Waals surface area contributed by atoms with E-state index >= 15 is 0 Å². The molecule has 2 heterocycles. The maximum absolute atomic E-state index is 11.8. The second kappa shape index (κ2) is 10.6. The van der Waals surface area contributed by atoms with Crippen molar-refractivity contribution in [2.45, 2.75) is 25.8 Å². The summed E-state index contributed by atoms with van der Waals surface area (Å²) < 4.78 is 5.28. The van der Waals surface area contributed by atoms with Crippen LogP contribution in [0.4, 0.5) is 0 Å². The van der Waals surface area contributed by atoms with Crippen LogP contribution in [0, 0.1) is 5.92 Å². The van der Waals surface area contributed by atoms with Gasteiger partial charge in [0.15, 0.2) is 0 Å². The summed E-state index contributed by atoms with van der Waals surface area (Å²) in [5, 5.41) is 6.16. The van der Waals surface area contributed by atoms with Crippen molar-refractivity contribution in [1.29, 1.82) is 0 Å². The molecule has 2 aliphatic heterocycles. The zero-order valence-electron chi connectivity index (χ0n) is 12.1. The van der Waals surface area contributed by atoms with Gasteiger partial charge in [-0.15, -0.1) is 24.8 Å². The number of amides is 1. The Bertz CT molecular complexity index is 276. The van der Waals surface area contributed by atoms with Gasteiger partial charge in [-0.05, 0) is 25.3 Å². The standard InChI is InChI=1S/C13H25N3O2.2ClH/c1-11-3-2-6-16(9-11)7-4-15-13(17)12-10-18-8-5-14-12;;/h11-12,14H,2-10H2,1H3,(H,15,17);2*1H. The van der Waals surface area contributed by atoms with E-state index in [9.17, 15) is 4.79 Å². The average molecular weight is 328 g/mol. The van der Waals surface area contributed by atoms with Crippen LogP contribution in [0.5, 0.6) is 0 Å². The Labute approximate surface area is 134 Å². The number of piperidine rings is 1. The molecule has 5 nitrogen and oxygen atoms in total. The number of likely N-dealkylation sites (tertiary alicyclic amines) is 1. The Morgan fingerprint density at radius 1 is 1.45 bits per heavy atom. The van der Waals surface area contributed by atoms with Crippen molar-refractivity contribution in [2.75, 3.05) is 45.9 Å². The number of hydrogen-bond acceptors (Lipinski definition) is 4. The highest BCUT2D eigenvalue weighted by molar-refractivity contribution is 5.85. The molecule has 2 N–H and O–H groups in total. The molecule has 2 fully saturated rings. The van der Waals surface area contributed by atoms with E-state index in [0.717, 1.165) is 25.6 Å². The first-order valence-corrected chi connectivity index (χ1v) is 7.07. The first-order chi connectivity index (χ1) is 8.75. The van der Waals surface area contributed by atoms with Crippen molar-refractivity contribution in [1.82, 2.24) is 15.5 Å². The van der Waals surface area contributed by atoms with E-state index in [0.29, 0.717) is 13.2 Å². The molecule has 2 atom stereocenters. The number of hydrogen-bond donors (Lipinski definition) is 2. The molecule has 1 amide bonds. The fourth-order valence-electron chi connectivity index (χ4n) is 2.68. The normalized spacial score (nSPS) is 27.1. The van der Waals surface area contributed by atoms with Gasteiger partial charge in [-0.3, -0.25) is 4.79 Å².